The number of nitrogens with zero attached hydrogens (tertiary/aromatic N) is 2. The lowest BCUT2D eigenvalue weighted by Gasteiger charge is -2.05. The van der Waals surface area contributed by atoms with E-state index in [4.69, 9.17) is 4.74 Å². The minimum absolute atomic E-state index is 0.0851. The maximum Gasteiger partial charge on any atom is 0.204 e. The third-order valence-corrected chi connectivity index (χ3v) is 2.29. The molecule has 1 N–H and O–H groups in total. The maximum absolute atomic E-state index is 13.8. The highest BCUT2D eigenvalue weighted by Crippen LogP contribution is 2.20. The Hall–Kier alpha value is -2.24. The Balaban J connectivity index is 2.22. The van der Waals surface area contributed by atoms with Crippen LogP contribution in [0, 0.1) is 5.82 Å². The number of carbonyl (C=O) groups is 1. The summed E-state index contributed by atoms with van der Waals surface area (Å²) in [5, 5.41) is 6.01. The third-order valence-electron chi connectivity index (χ3n) is 2.29. The van der Waals surface area contributed by atoms with Gasteiger partial charge in [0, 0.05) is 6.42 Å². The molecule has 2 rings (SSSR count). The van der Waals surface area contributed by atoms with E-state index in [1.54, 1.807) is 6.07 Å². The molecule has 0 saturated heterocycles. The van der Waals surface area contributed by atoms with Gasteiger partial charge in [0.05, 0.1) is 7.11 Å². The van der Waals surface area contributed by atoms with Crippen molar-refractivity contribution in [3.8, 4) is 5.75 Å². The van der Waals surface area contributed by atoms with Gasteiger partial charge in [-0.1, -0.05) is 12.1 Å². The lowest BCUT2D eigenvalue weighted by atomic mass is 10.1. The summed E-state index contributed by atoms with van der Waals surface area (Å²) in [4.78, 5) is 15.4. The number of methoxy groups -OCH3 is 1. The standard InChI is InChI=1S/C11H10FN3O2/c1-17-9-4-2-3-7(10(9)12)5-8(16)11-13-6-14-15-11/h2-4,6H,5H2,1H3,(H,13,14,15). The molecule has 17 heavy (non-hydrogen) atoms. The number of rotatable bonds is 4. The monoisotopic (exact) mass is 235 g/mol. The summed E-state index contributed by atoms with van der Waals surface area (Å²) < 4.78 is 18.6. The van der Waals surface area contributed by atoms with Gasteiger partial charge >= 0.3 is 0 Å². The molecule has 0 atom stereocenters. The van der Waals surface area contributed by atoms with Crippen LogP contribution in [0.4, 0.5) is 4.39 Å². The van der Waals surface area contributed by atoms with Gasteiger partial charge in [-0.05, 0) is 11.6 Å². The fourth-order valence-corrected chi connectivity index (χ4v) is 1.45. The molecule has 1 heterocycles. The normalized spacial score (nSPS) is 10.2. The zero-order valence-electron chi connectivity index (χ0n) is 9.11. The largest absolute Gasteiger partial charge is 0.494 e. The van der Waals surface area contributed by atoms with Crippen molar-refractivity contribution in [1.29, 1.82) is 0 Å². The fraction of sp³-hybridized carbons (Fsp3) is 0.182. The lowest BCUT2D eigenvalue weighted by Crippen LogP contribution is -2.07. The van der Waals surface area contributed by atoms with Gasteiger partial charge in [-0.25, -0.2) is 9.37 Å². The lowest BCUT2D eigenvalue weighted by molar-refractivity contribution is 0.0982. The molecule has 0 amide bonds. The Morgan fingerprint density at radius 2 is 2.35 bits per heavy atom. The second kappa shape index (κ2) is 4.73. The minimum Gasteiger partial charge on any atom is -0.494 e. The van der Waals surface area contributed by atoms with Gasteiger partial charge in [0.2, 0.25) is 5.78 Å². The van der Waals surface area contributed by atoms with Crippen LogP contribution < -0.4 is 4.74 Å². The quantitative estimate of drug-likeness (QED) is 0.813. The first-order valence-electron chi connectivity index (χ1n) is 4.92. The van der Waals surface area contributed by atoms with Crippen LogP contribution in [-0.2, 0) is 6.42 Å². The Morgan fingerprint density at radius 3 is 3.00 bits per heavy atom. The first kappa shape index (κ1) is 11.3. The van der Waals surface area contributed by atoms with E-state index in [2.05, 4.69) is 15.2 Å². The zero-order valence-corrected chi connectivity index (χ0v) is 9.11. The van der Waals surface area contributed by atoms with Gasteiger partial charge < -0.3 is 4.74 Å². The minimum atomic E-state index is -0.525. The highest BCUT2D eigenvalue weighted by molar-refractivity contribution is 5.93. The van der Waals surface area contributed by atoms with Gasteiger partial charge in [-0.2, -0.15) is 5.10 Å². The molecule has 2 aromatic rings. The van der Waals surface area contributed by atoms with Crippen LogP contribution in [-0.4, -0.2) is 28.1 Å². The molecule has 0 unspecified atom stereocenters. The number of halogens is 1. The number of hydrogen-bond acceptors (Lipinski definition) is 4. The van der Waals surface area contributed by atoms with E-state index in [1.165, 1.54) is 25.6 Å². The second-order valence-electron chi connectivity index (χ2n) is 3.37. The molecule has 5 nitrogen and oxygen atoms in total. The summed E-state index contributed by atoms with van der Waals surface area (Å²) in [6, 6.07) is 4.66. The molecule has 0 radical (unpaired) electrons. The number of benzene rings is 1. The van der Waals surface area contributed by atoms with E-state index in [0.717, 1.165) is 0 Å². The summed E-state index contributed by atoms with van der Waals surface area (Å²) in [5.41, 5.74) is 0.269. The van der Waals surface area contributed by atoms with Gasteiger partial charge in [0.25, 0.3) is 0 Å². The predicted molar refractivity (Wildman–Crippen MR) is 57.4 cm³/mol. The SMILES string of the molecule is COc1cccc(CC(=O)c2ncn[nH]2)c1F. The van der Waals surface area contributed by atoms with E-state index in [0.29, 0.717) is 0 Å². The van der Waals surface area contributed by atoms with Gasteiger partial charge in [-0.15, -0.1) is 0 Å². The first-order chi connectivity index (χ1) is 8.22. The average Bonchev–Trinajstić information content (AvgIpc) is 2.85. The Morgan fingerprint density at radius 1 is 1.53 bits per heavy atom. The van der Waals surface area contributed by atoms with Crippen molar-refractivity contribution in [2.24, 2.45) is 0 Å². The van der Waals surface area contributed by atoms with Gasteiger partial charge in [0.1, 0.15) is 6.33 Å². The number of aromatic nitrogens is 3. The Labute approximate surface area is 96.6 Å². The molecule has 6 heteroatoms. The van der Waals surface area contributed by atoms with Crippen molar-refractivity contribution >= 4 is 5.78 Å². The third kappa shape index (κ3) is 2.30. The molecule has 0 fully saturated rings. The summed E-state index contributed by atoms with van der Waals surface area (Å²) >= 11 is 0. The van der Waals surface area contributed by atoms with Crippen LogP contribution in [0.3, 0.4) is 0 Å². The summed E-state index contributed by atoms with van der Waals surface area (Å²) in [5.74, 6) is -0.613. The van der Waals surface area contributed by atoms with Gasteiger partial charge in [0.15, 0.2) is 17.4 Å². The molecule has 1 aromatic carbocycles. The second-order valence-corrected chi connectivity index (χ2v) is 3.37. The van der Waals surface area contributed by atoms with E-state index < -0.39 is 5.82 Å². The van der Waals surface area contributed by atoms with Crippen LogP contribution >= 0.6 is 0 Å². The van der Waals surface area contributed by atoms with Crippen molar-refractivity contribution < 1.29 is 13.9 Å². The Kier molecular flexibility index (Phi) is 3.13. The number of H-pyrrole nitrogens is 1. The fourth-order valence-electron chi connectivity index (χ4n) is 1.45. The van der Waals surface area contributed by atoms with Crippen LogP contribution in [0.15, 0.2) is 24.5 Å². The van der Waals surface area contributed by atoms with E-state index in [-0.39, 0.29) is 29.3 Å². The molecule has 0 bridgehead atoms. The molecule has 0 aliphatic carbocycles. The maximum atomic E-state index is 13.8. The van der Waals surface area contributed by atoms with Crippen molar-refractivity contribution in [3.63, 3.8) is 0 Å². The molecule has 0 spiro atoms. The molecule has 0 aliphatic heterocycles. The molecular weight excluding hydrogens is 225 g/mol. The number of Topliss-reactive ketones (excluding diaryl/α,β-unsaturated/α-hetero) is 1. The summed E-state index contributed by atoms with van der Waals surface area (Å²) in [7, 11) is 1.38. The molecule has 0 aliphatic rings. The number of carbonyl (C=O) groups excluding carboxylic acids is 1. The van der Waals surface area contributed by atoms with Crippen LogP contribution in [0.25, 0.3) is 0 Å². The topological polar surface area (TPSA) is 67.9 Å². The smallest absolute Gasteiger partial charge is 0.204 e. The van der Waals surface area contributed by atoms with E-state index in [1.807, 2.05) is 0 Å². The predicted octanol–water partition coefficient (Wildman–Crippen LogP) is 1.38. The number of nitrogens with one attached hydrogen (secondary N) is 1. The molecule has 0 saturated carbocycles. The highest BCUT2D eigenvalue weighted by Gasteiger charge is 2.15. The molecule has 1 aromatic heterocycles. The first-order valence-corrected chi connectivity index (χ1v) is 4.92. The van der Waals surface area contributed by atoms with E-state index in [9.17, 15) is 9.18 Å². The van der Waals surface area contributed by atoms with Crippen LogP contribution in [0.1, 0.15) is 16.2 Å². The molecular formula is C11H10FN3O2. The van der Waals surface area contributed by atoms with Crippen molar-refractivity contribution in [3.05, 3.63) is 41.7 Å². The number of ketones is 1. The van der Waals surface area contributed by atoms with Crippen molar-refractivity contribution in [2.75, 3.05) is 7.11 Å². The number of ether oxygens (including phenoxy) is 1. The molecule has 88 valence electrons. The Bertz CT molecular complexity index is 526. The number of aromatic amines is 1. The average molecular weight is 235 g/mol. The van der Waals surface area contributed by atoms with Crippen LogP contribution in [0.5, 0.6) is 5.75 Å². The van der Waals surface area contributed by atoms with Crippen molar-refractivity contribution in [2.45, 2.75) is 6.42 Å². The van der Waals surface area contributed by atoms with E-state index >= 15 is 0 Å². The van der Waals surface area contributed by atoms with Crippen molar-refractivity contribution in [1.82, 2.24) is 15.2 Å². The summed E-state index contributed by atoms with van der Waals surface area (Å²) in [6.07, 6.45) is 1.15. The highest BCUT2D eigenvalue weighted by atomic mass is 19.1. The van der Waals surface area contributed by atoms with Gasteiger partial charge in [-0.3, -0.25) is 9.89 Å². The summed E-state index contributed by atoms with van der Waals surface area (Å²) in [6.45, 7) is 0. The van der Waals surface area contributed by atoms with Crippen LogP contribution in [0.2, 0.25) is 0 Å². The zero-order chi connectivity index (χ0) is 12.3. The number of hydrogen-bond donors (Lipinski definition) is 1.